The standard InChI is InChI=1S/C15H21N3O2/c1-17-8-10-18(11-9-17)12-14-4-2-13(3-5-14)6-7-15(19)16-20/h2-7,20H,8-12H2,1H3,(H,16,19)/b7-6+. The lowest BCUT2D eigenvalue weighted by molar-refractivity contribution is -0.124. The predicted molar refractivity (Wildman–Crippen MR) is 78.2 cm³/mol. The van der Waals surface area contributed by atoms with E-state index in [1.165, 1.54) is 11.6 Å². The molecule has 1 aromatic rings. The number of hydroxylamine groups is 1. The molecule has 5 nitrogen and oxygen atoms in total. The second-order valence-corrected chi connectivity index (χ2v) is 5.13. The van der Waals surface area contributed by atoms with Gasteiger partial charge in [0.2, 0.25) is 0 Å². The molecule has 0 unspecified atom stereocenters. The molecule has 0 saturated carbocycles. The number of likely N-dealkylation sites (N-methyl/N-ethyl adjacent to an activating group) is 1. The van der Waals surface area contributed by atoms with Crippen LogP contribution in [0.5, 0.6) is 0 Å². The van der Waals surface area contributed by atoms with Crippen LogP contribution in [0.2, 0.25) is 0 Å². The Hall–Kier alpha value is -1.69. The molecule has 0 bridgehead atoms. The van der Waals surface area contributed by atoms with Gasteiger partial charge in [0.1, 0.15) is 0 Å². The molecule has 1 aromatic carbocycles. The highest BCUT2D eigenvalue weighted by molar-refractivity contribution is 5.90. The van der Waals surface area contributed by atoms with Gasteiger partial charge in [-0.15, -0.1) is 0 Å². The quantitative estimate of drug-likeness (QED) is 0.488. The number of benzene rings is 1. The summed E-state index contributed by atoms with van der Waals surface area (Å²) in [6.07, 6.45) is 2.97. The molecule has 0 aliphatic carbocycles. The Morgan fingerprint density at radius 3 is 2.50 bits per heavy atom. The van der Waals surface area contributed by atoms with Crippen molar-refractivity contribution in [3.63, 3.8) is 0 Å². The first-order valence-corrected chi connectivity index (χ1v) is 6.79. The maximum atomic E-state index is 10.9. The summed E-state index contributed by atoms with van der Waals surface area (Å²) >= 11 is 0. The zero-order valence-corrected chi connectivity index (χ0v) is 11.7. The highest BCUT2D eigenvalue weighted by Crippen LogP contribution is 2.10. The summed E-state index contributed by atoms with van der Waals surface area (Å²) in [5.74, 6) is -0.522. The summed E-state index contributed by atoms with van der Waals surface area (Å²) in [6, 6.07) is 8.11. The number of hydrogen-bond acceptors (Lipinski definition) is 4. The van der Waals surface area contributed by atoms with Crippen molar-refractivity contribution in [2.24, 2.45) is 0 Å². The first-order valence-electron chi connectivity index (χ1n) is 6.79. The Kier molecular flexibility index (Phi) is 5.29. The summed E-state index contributed by atoms with van der Waals surface area (Å²) in [4.78, 5) is 15.7. The number of rotatable bonds is 4. The minimum atomic E-state index is -0.522. The molecule has 1 fully saturated rings. The first-order chi connectivity index (χ1) is 9.67. The molecule has 1 aliphatic heterocycles. The molecule has 0 radical (unpaired) electrons. The Balaban J connectivity index is 1.88. The van der Waals surface area contributed by atoms with Crippen LogP contribution in [-0.4, -0.2) is 54.1 Å². The summed E-state index contributed by atoms with van der Waals surface area (Å²) in [5.41, 5.74) is 3.78. The Morgan fingerprint density at radius 1 is 1.25 bits per heavy atom. The van der Waals surface area contributed by atoms with Crippen LogP contribution in [0, 0.1) is 0 Å². The second kappa shape index (κ2) is 7.19. The number of hydrogen-bond donors (Lipinski definition) is 2. The van der Waals surface area contributed by atoms with Crippen LogP contribution in [0.25, 0.3) is 6.08 Å². The number of carbonyl (C=O) groups excluding carboxylic acids is 1. The van der Waals surface area contributed by atoms with E-state index in [-0.39, 0.29) is 0 Å². The minimum Gasteiger partial charge on any atom is -0.304 e. The molecule has 2 N–H and O–H groups in total. The highest BCUT2D eigenvalue weighted by Gasteiger charge is 2.13. The van der Waals surface area contributed by atoms with Crippen molar-refractivity contribution >= 4 is 12.0 Å². The van der Waals surface area contributed by atoms with Gasteiger partial charge < -0.3 is 4.90 Å². The largest absolute Gasteiger partial charge is 0.304 e. The van der Waals surface area contributed by atoms with Gasteiger partial charge >= 0.3 is 0 Å². The summed E-state index contributed by atoms with van der Waals surface area (Å²) in [7, 11) is 2.15. The smallest absolute Gasteiger partial charge is 0.267 e. The van der Waals surface area contributed by atoms with E-state index in [2.05, 4.69) is 29.0 Å². The minimum absolute atomic E-state index is 0.522. The maximum absolute atomic E-state index is 10.9. The van der Waals surface area contributed by atoms with Crippen molar-refractivity contribution in [3.05, 3.63) is 41.5 Å². The molecule has 1 aliphatic rings. The summed E-state index contributed by atoms with van der Waals surface area (Å²) in [6.45, 7) is 5.42. The van der Waals surface area contributed by atoms with E-state index in [0.717, 1.165) is 38.3 Å². The van der Waals surface area contributed by atoms with E-state index in [9.17, 15) is 4.79 Å². The lowest BCUT2D eigenvalue weighted by Gasteiger charge is -2.32. The van der Waals surface area contributed by atoms with Gasteiger partial charge in [-0.05, 0) is 24.3 Å². The molecule has 20 heavy (non-hydrogen) atoms. The monoisotopic (exact) mass is 275 g/mol. The van der Waals surface area contributed by atoms with Crippen LogP contribution in [0.15, 0.2) is 30.3 Å². The van der Waals surface area contributed by atoms with E-state index in [4.69, 9.17) is 5.21 Å². The Bertz CT molecular complexity index is 463. The number of nitrogens with zero attached hydrogens (tertiary/aromatic N) is 2. The topological polar surface area (TPSA) is 55.8 Å². The van der Waals surface area contributed by atoms with Gasteiger partial charge in [0.15, 0.2) is 0 Å². The van der Waals surface area contributed by atoms with Gasteiger partial charge in [0.05, 0.1) is 0 Å². The van der Waals surface area contributed by atoms with Gasteiger partial charge in [0.25, 0.3) is 5.91 Å². The van der Waals surface area contributed by atoms with E-state index in [1.54, 1.807) is 11.6 Å². The zero-order chi connectivity index (χ0) is 14.4. The molecule has 2 rings (SSSR count). The van der Waals surface area contributed by atoms with Gasteiger partial charge in [-0.25, -0.2) is 5.48 Å². The van der Waals surface area contributed by atoms with Crippen LogP contribution in [0.4, 0.5) is 0 Å². The molecule has 0 atom stereocenters. The number of piperazine rings is 1. The van der Waals surface area contributed by atoms with Crippen LogP contribution in [-0.2, 0) is 11.3 Å². The lowest BCUT2D eigenvalue weighted by atomic mass is 10.1. The van der Waals surface area contributed by atoms with Crippen molar-refractivity contribution in [3.8, 4) is 0 Å². The van der Waals surface area contributed by atoms with Crippen LogP contribution < -0.4 is 5.48 Å². The van der Waals surface area contributed by atoms with Gasteiger partial charge in [-0.3, -0.25) is 14.9 Å². The van der Waals surface area contributed by atoms with Crippen LogP contribution in [0.3, 0.4) is 0 Å². The zero-order valence-electron chi connectivity index (χ0n) is 11.7. The molecule has 1 heterocycles. The van der Waals surface area contributed by atoms with E-state index < -0.39 is 5.91 Å². The van der Waals surface area contributed by atoms with E-state index in [0.29, 0.717) is 0 Å². The molecule has 0 aromatic heterocycles. The average molecular weight is 275 g/mol. The fourth-order valence-electron chi connectivity index (χ4n) is 2.21. The molecular formula is C15H21N3O2. The lowest BCUT2D eigenvalue weighted by Crippen LogP contribution is -2.43. The molecule has 108 valence electrons. The summed E-state index contributed by atoms with van der Waals surface area (Å²) < 4.78 is 0. The molecule has 5 heteroatoms. The van der Waals surface area contributed by atoms with Crippen molar-refractivity contribution in [1.29, 1.82) is 0 Å². The number of carbonyl (C=O) groups is 1. The summed E-state index contributed by atoms with van der Waals surface area (Å²) in [5, 5.41) is 8.40. The molecule has 1 saturated heterocycles. The van der Waals surface area contributed by atoms with Crippen molar-refractivity contribution in [2.75, 3.05) is 33.2 Å². The van der Waals surface area contributed by atoms with Crippen molar-refractivity contribution in [2.45, 2.75) is 6.54 Å². The maximum Gasteiger partial charge on any atom is 0.267 e. The fourth-order valence-corrected chi connectivity index (χ4v) is 2.21. The van der Waals surface area contributed by atoms with Crippen LogP contribution >= 0.6 is 0 Å². The second-order valence-electron chi connectivity index (χ2n) is 5.13. The van der Waals surface area contributed by atoms with Gasteiger partial charge in [-0.1, -0.05) is 24.3 Å². The van der Waals surface area contributed by atoms with E-state index >= 15 is 0 Å². The Labute approximate surface area is 119 Å². The van der Waals surface area contributed by atoms with Gasteiger partial charge in [0, 0.05) is 38.8 Å². The SMILES string of the molecule is CN1CCN(Cc2ccc(/C=C/C(=O)NO)cc2)CC1. The number of nitrogens with one attached hydrogen (secondary N) is 1. The number of amides is 1. The molecule has 1 amide bonds. The first kappa shape index (κ1) is 14.7. The third kappa shape index (κ3) is 4.45. The van der Waals surface area contributed by atoms with Crippen molar-refractivity contribution < 1.29 is 10.0 Å². The predicted octanol–water partition coefficient (Wildman–Crippen LogP) is 0.953. The Morgan fingerprint density at radius 2 is 1.90 bits per heavy atom. The molecule has 0 spiro atoms. The van der Waals surface area contributed by atoms with Crippen LogP contribution in [0.1, 0.15) is 11.1 Å². The fraction of sp³-hybridized carbons (Fsp3) is 0.400. The van der Waals surface area contributed by atoms with E-state index in [1.807, 2.05) is 12.1 Å². The normalized spacial score (nSPS) is 17.5. The highest BCUT2D eigenvalue weighted by atomic mass is 16.5. The molecular weight excluding hydrogens is 254 g/mol. The third-order valence-corrected chi connectivity index (χ3v) is 3.52. The third-order valence-electron chi connectivity index (χ3n) is 3.52. The van der Waals surface area contributed by atoms with Crippen molar-refractivity contribution in [1.82, 2.24) is 15.3 Å². The van der Waals surface area contributed by atoms with Gasteiger partial charge in [-0.2, -0.15) is 0 Å². The average Bonchev–Trinajstić information content (AvgIpc) is 2.48.